The molecular weight excluding hydrogens is 262 g/mol. The molecule has 0 saturated carbocycles. The number of hydrogen-bond acceptors (Lipinski definition) is 4. The smallest absolute Gasteiger partial charge is 0.240 e. The average Bonchev–Trinajstić information content (AvgIpc) is 2.36. The molecule has 19 heavy (non-hydrogen) atoms. The second-order valence-corrected chi connectivity index (χ2v) is 6.50. The zero-order valence-corrected chi connectivity index (χ0v) is 12.6. The molecule has 0 saturated heterocycles. The summed E-state index contributed by atoms with van der Waals surface area (Å²) in [6.45, 7) is 2.05. The zero-order valence-electron chi connectivity index (χ0n) is 11.8. The van der Waals surface area contributed by atoms with Gasteiger partial charge in [0, 0.05) is 13.1 Å². The Labute approximate surface area is 116 Å². The van der Waals surface area contributed by atoms with Gasteiger partial charge in [0.15, 0.2) is 0 Å². The van der Waals surface area contributed by atoms with Gasteiger partial charge in [-0.15, -0.1) is 0 Å². The molecule has 0 aliphatic rings. The maximum atomic E-state index is 12.0. The Morgan fingerprint density at radius 1 is 1.16 bits per heavy atom. The average molecular weight is 285 g/mol. The SMILES string of the molecule is CNCc1ccc(S(=O)(=O)NCCCN(C)C)cc1. The van der Waals surface area contributed by atoms with Gasteiger partial charge in [0.25, 0.3) is 0 Å². The summed E-state index contributed by atoms with van der Waals surface area (Å²) in [5, 5.41) is 3.02. The molecule has 1 aromatic rings. The summed E-state index contributed by atoms with van der Waals surface area (Å²) < 4.78 is 26.6. The number of nitrogens with zero attached hydrogens (tertiary/aromatic N) is 1. The van der Waals surface area contributed by atoms with Gasteiger partial charge in [0.1, 0.15) is 0 Å². The Morgan fingerprint density at radius 2 is 1.79 bits per heavy atom. The van der Waals surface area contributed by atoms with E-state index in [4.69, 9.17) is 0 Å². The third kappa shape index (κ3) is 5.69. The minimum atomic E-state index is -3.38. The third-order valence-electron chi connectivity index (χ3n) is 2.69. The lowest BCUT2D eigenvalue weighted by atomic mass is 10.2. The van der Waals surface area contributed by atoms with Crippen molar-refractivity contribution in [3.63, 3.8) is 0 Å². The fraction of sp³-hybridized carbons (Fsp3) is 0.538. The van der Waals surface area contributed by atoms with Crippen LogP contribution < -0.4 is 10.0 Å². The van der Waals surface area contributed by atoms with Crippen molar-refractivity contribution in [2.75, 3.05) is 34.2 Å². The van der Waals surface area contributed by atoms with E-state index in [2.05, 4.69) is 10.0 Å². The zero-order chi connectivity index (χ0) is 14.3. The van der Waals surface area contributed by atoms with E-state index in [1.54, 1.807) is 12.1 Å². The normalized spacial score (nSPS) is 12.0. The Kier molecular flexibility index (Phi) is 6.44. The molecule has 0 aliphatic carbocycles. The number of sulfonamides is 1. The van der Waals surface area contributed by atoms with Crippen molar-refractivity contribution in [3.05, 3.63) is 29.8 Å². The highest BCUT2D eigenvalue weighted by molar-refractivity contribution is 7.89. The Morgan fingerprint density at radius 3 is 2.32 bits per heavy atom. The van der Waals surface area contributed by atoms with Crippen molar-refractivity contribution in [3.8, 4) is 0 Å². The van der Waals surface area contributed by atoms with Gasteiger partial charge in [-0.1, -0.05) is 12.1 Å². The van der Waals surface area contributed by atoms with Crippen molar-refractivity contribution >= 4 is 10.0 Å². The van der Waals surface area contributed by atoms with Gasteiger partial charge in [-0.05, 0) is 51.8 Å². The predicted molar refractivity (Wildman–Crippen MR) is 77.6 cm³/mol. The molecular formula is C13H23N3O2S. The van der Waals surface area contributed by atoms with Crippen LogP contribution in [0, 0.1) is 0 Å². The standard InChI is InChI=1S/C13H23N3O2S/c1-14-11-12-5-7-13(8-6-12)19(17,18)15-9-4-10-16(2)3/h5-8,14-15H,4,9-11H2,1-3H3. The first kappa shape index (κ1) is 16.1. The Bertz CT molecular complexity index is 469. The molecule has 1 rings (SSSR count). The van der Waals surface area contributed by atoms with Crippen molar-refractivity contribution in [2.45, 2.75) is 17.9 Å². The topological polar surface area (TPSA) is 61.4 Å². The van der Waals surface area contributed by atoms with Crippen LogP contribution in [0.15, 0.2) is 29.2 Å². The van der Waals surface area contributed by atoms with Gasteiger partial charge in [0.05, 0.1) is 4.90 Å². The highest BCUT2D eigenvalue weighted by atomic mass is 32.2. The summed E-state index contributed by atoms with van der Waals surface area (Å²) in [5.74, 6) is 0. The van der Waals surface area contributed by atoms with Crippen LogP contribution in [0.3, 0.4) is 0 Å². The van der Waals surface area contributed by atoms with Gasteiger partial charge in [-0.25, -0.2) is 13.1 Å². The van der Waals surface area contributed by atoms with Crippen LogP contribution in [-0.2, 0) is 16.6 Å². The first-order valence-corrected chi connectivity index (χ1v) is 7.82. The van der Waals surface area contributed by atoms with Crippen LogP contribution in [0.4, 0.5) is 0 Å². The summed E-state index contributed by atoms with van der Waals surface area (Å²) >= 11 is 0. The number of hydrogen-bond donors (Lipinski definition) is 2. The minimum Gasteiger partial charge on any atom is -0.316 e. The monoisotopic (exact) mass is 285 g/mol. The van der Waals surface area contributed by atoms with E-state index in [9.17, 15) is 8.42 Å². The summed E-state index contributed by atoms with van der Waals surface area (Å²) in [6, 6.07) is 6.93. The molecule has 0 amide bonds. The molecule has 0 unspecified atom stereocenters. The van der Waals surface area contributed by atoms with E-state index in [-0.39, 0.29) is 0 Å². The Hall–Kier alpha value is -0.950. The van der Waals surface area contributed by atoms with Gasteiger partial charge in [0.2, 0.25) is 10.0 Å². The minimum absolute atomic E-state index is 0.317. The molecule has 0 radical (unpaired) electrons. The van der Waals surface area contributed by atoms with Gasteiger partial charge in [-0.3, -0.25) is 0 Å². The first-order valence-electron chi connectivity index (χ1n) is 6.33. The summed E-state index contributed by atoms with van der Waals surface area (Å²) in [5.41, 5.74) is 1.06. The van der Waals surface area contributed by atoms with Crippen LogP contribution in [-0.4, -0.2) is 47.6 Å². The van der Waals surface area contributed by atoms with E-state index in [1.807, 2.05) is 38.2 Å². The van der Waals surface area contributed by atoms with Gasteiger partial charge >= 0.3 is 0 Å². The lowest BCUT2D eigenvalue weighted by Crippen LogP contribution is -2.27. The number of nitrogens with one attached hydrogen (secondary N) is 2. The highest BCUT2D eigenvalue weighted by Crippen LogP contribution is 2.10. The number of rotatable bonds is 8. The second-order valence-electron chi connectivity index (χ2n) is 4.73. The van der Waals surface area contributed by atoms with Crippen LogP contribution in [0.2, 0.25) is 0 Å². The van der Waals surface area contributed by atoms with Gasteiger partial charge < -0.3 is 10.2 Å². The Balaban J connectivity index is 2.56. The maximum absolute atomic E-state index is 12.0. The van der Waals surface area contributed by atoms with Crippen LogP contribution in [0.25, 0.3) is 0 Å². The van der Waals surface area contributed by atoms with E-state index in [1.165, 1.54) is 0 Å². The quantitative estimate of drug-likeness (QED) is 0.688. The molecule has 108 valence electrons. The fourth-order valence-corrected chi connectivity index (χ4v) is 2.75. The molecule has 6 heteroatoms. The lowest BCUT2D eigenvalue weighted by molar-refractivity contribution is 0.400. The molecule has 1 aromatic carbocycles. The molecule has 0 aliphatic heterocycles. The van der Waals surface area contributed by atoms with E-state index < -0.39 is 10.0 Å². The number of benzene rings is 1. The van der Waals surface area contributed by atoms with Crippen LogP contribution in [0.5, 0.6) is 0 Å². The van der Waals surface area contributed by atoms with E-state index in [0.717, 1.165) is 25.1 Å². The van der Waals surface area contributed by atoms with Crippen molar-refractivity contribution in [1.29, 1.82) is 0 Å². The van der Waals surface area contributed by atoms with Crippen molar-refractivity contribution in [2.24, 2.45) is 0 Å². The molecule has 0 heterocycles. The second kappa shape index (κ2) is 7.59. The molecule has 0 bridgehead atoms. The maximum Gasteiger partial charge on any atom is 0.240 e. The molecule has 0 aromatic heterocycles. The first-order chi connectivity index (χ1) is 8.95. The van der Waals surface area contributed by atoms with Crippen molar-refractivity contribution in [1.82, 2.24) is 14.9 Å². The molecule has 0 fully saturated rings. The largest absolute Gasteiger partial charge is 0.316 e. The third-order valence-corrected chi connectivity index (χ3v) is 4.17. The molecule has 0 spiro atoms. The summed E-state index contributed by atoms with van der Waals surface area (Å²) in [6.07, 6.45) is 0.796. The van der Waals surface area contributed by atoms with E-state index >= 15 is 0 Å². The lowest BCUT2D eigenvalue weighted by Gasteiger charge is -2.10. The fourth-order valence-electron chi connectivity index (χ4n) is 1.68. The van der Waals surface area contributed by atoms with Crippen molar-refractivity contribution < 1.29 is 8.42 Å². The summed E-state index contributed by atoms with van der Waals surface area (Å²) in [7, 11) is 2.41. The van der Waals surface area contributed by atoms with Crippen LogP contribution in [0.1, 0.15) is 12.0 Å². The molecule has 5 nitrogen and oxygen atoms in total. The van der Waals surface area contributed by atoms with Gasteiger partial charge in [-0.2, -0.15) is 0 Å². The van der Waals surface area contributed by atoms with Crippen LogP contribution >= 0.6 is 0 Å². The molecule has 2 N–H and O–H groups in total. The summed E-state index contributed by atoms with van der Waals surface area (Å²) in [4.78, 5) is 2.35. The van der Waals surface area contributed by atoms with E-state index in [0.29, 0.717) is 11.4 Å². The predicted octanol–water partition coefficient (Wildman–Crippen LogP) is 0.636. The highest BCUT2D eigenvalue weighted by Gasteiger charge is 2.12. The molecule has 0 atom stereocenters.